The molecular formula is C6H12NO3S. The maximum absolute atomic E-state index is 10.8. The van der Waals surface area contributed by atoms with Gasteiger partial charge in [0.05, 0.1) is 5.75 Å². The molecule has 11 heavy (non-hydrogen) atoms. The number of hydrogen-bond donors (Lipinski definition) is 1. The second-order valence-corrected chi connectivity index (χ2v) is 4.55. The monoisotopic (exact) mass is 178 g/mol. The van der Waals surface area contributed by atoms with Gasteiger partial charge in [-0.3, -0.25) is 4.79 Å². The second kappa shape index (κ2) is 4.33. The number of nitrogens with one attached hydrogen (secondary N) is 1. The van der Waals surface area contributed by atoms with E-state index in [2.05, 4.69) is 0 Å². The lowest BCUT2D eigenvalue weighted by Gasteiger charge is -2.03. The molecule has 0 fully saturated rings. The standard InChI is InChI=1S/C6H12NO3S/c1-6(2)3-4-11(9,10)7-5-8/h6H,3-4H2,1-2H3,(H,7,8). The van der Waals surface area contributed by atoms with Gasteiger partial charge in [0, 0.05) is 0 Å². The molecule has 0 saturated heterocycles. The largest absolute Gasteiger partial charge is 0.323 e. The lowest BCUT2D eigenvalue weighted by molar-refractivity contribution is 0.543. The zero-order valence-electron chi connectivity index (χ0n) is 6.62. The molecule has 1 amide bonds. The minimum absolute atomic E-state index is 0.0140. The van der Waals surface area contributed by atoms with Crippen LogP contribution in [0.5, 0.6) is 0 Å². The summed E-state index contributed by atoms with van der Waals surface area (Å²) >= 11 is 0. The van der Waals surface area contributed by atoms with Crippen molar-refractivity contribution >= 4 is 16.4 Å². The molecule has 0 atom stereocenters. The van der Waals surface area contributed by atoms with Crippen LogP contribution < -0.4 is 4.72 Å². The molecule has 0 spiro atoms. The third-order valence-corrected chi connectivity index (χ3v) is 2.33. The number of sulfonamides is 1. The molecule has 0 heterocycles. The van der Waals surface area contributed by atoms with Crippen molar-refractivity contribution in [1.82, 2.24) is 4.72 Å². The smallest absolute Gasteiger partial charge is 0.263 e. The number of amides is 1. The molecule has 4 nitrogen and oxygen atoms in total. The van der Waals surface area contributed by atoms with E-state index in [0.717, 1.165) is 6.41 Å². The van der Waals surface area contributed by atoms with Crippen LogP contribution in [0, 0.1) is 5.92 Å². The minimum atomic E-state index is -3.40. The van der Waals surface area contributed by atoms with Gasteiger partial charge in [0.2, 0.25) is 10.0 Å². The molecule has 0 aromatic heterocycles. The van der Waals surface area contributed by atoms with E-state index in [1.165, 1.54) is 0 Å². The van der Waals surface area contributed by atoms with Crippen LogP contribution in [0.15, 0.2) is 0 Å². The first-order chi connectivity index (χ1) is 4.98. The Kier molecular flexibility index (Phi) is 4.10. The summed E-state index contributed by atoms with van der Waals surface area (Å²) in [6, 6.07) is 0. The fraction of sp³-hybridized carbons (Fsp3) is 0.833. The van der Waals surface area contributed by atoms with Gasteiger partial charge in [-0.1, -0.05) is 13.8 Å². The summed E-state index contributed by atoms with van der Waals surface area (Å²) in [7, 11) is -3.40. The molecule has 5 heteroatoms. The van der Waals surface area contributed by atoms with Crippen LogP contribution >= 0.6 is 0 Å². The minimum Gasteiger partial charge on any atom is -0.263 e. The number of rotatable bonds is 5. The Morgan fingerprint density at radius 3 is 2.36 bits per heavy atom. The summed E-state index contributed by atoms with van der Waals surface area (Å²) < 4.78 is 23.2. The molecule has 0 aliphatic heterocycles. The lowest BCUT2D eigenvalue weighted by atomic mass is 10.2. The third-order valence-electron chi connectivity index (χ3n) is 1.16. The Balaban J connectivity index is 3.83. The number of hydrogen-bond acceptors (Lipinski definition) is 3. The van der Waals surface area contributed by atoms with Gasteiger partial charge in [0.1, 0.15) is 0 Å². The molecule has 1 radical (unpaired) electrons. The SMILES string of the molecule is CC(C)CCS(=O)(=O)N[C]=O. The van der Waals surface area contributed by atoms with E-state index in [0.29, 0.717) is 12.3 Å². The highest BCUT2D eigenvalue weighted by atomic mass is 32.2. The van der Waals surface area contributed by atoms with Crippen molar-refractivity contribution in [3.63, 3.8) is 0 Å². The Labute approximate surface area is 67.0 Å². The summed E-state index contributed by atoms with van der Waals surface area (Å²) in [6.45, 7) is 3.83. The van der Waals surface area contributed by atoms with Gasteiger partial charge < -0.3 is 0 Å². The average Bonchev–Trinajstić information content (AvgIpc) is 1.84. The summed E-state index contributed by atoms with van der Waals surface area (Å²) in [5.41, 5.74) is 0. The quantitative estimate of drug-likeness (QED) is 0.603. The van der Waals surface area contributed by atoms with Crippen LogP contribution in [0.2, 0.25) is 0 Å². The Morgan fingerprint density at radius 1 is 1.45 bits per heavy atom. The fourth-order valence-corrected chi connectivity index (χ4v) is 1.52. The van der Waals surface area contributed by atoms with Gasteiger partial charge in [-0.05, 0) is 12.3 Å². The van der Waals surface area contributed by atoms with Gasteiger partial charge >= 0.3 is 6.41 Å². The van der Waals surface area contributed by atoms with E-state index in [1.807, 2.05) is 13.8 Å². The van der Waals surface area contributed by atoms with Crippen molar-refractivity contribution in [3.8, 4) is 0 Å². The zero-order chi connectivity index (χ0) is 8.91. The van der Waals surface area contributed by atoms with E-state index in [-0.39, 0.29) is 5.75 Å². The predicted octanol–water partition coefficient (Wildman–Crippen LogP) is 0.0191. The Bertz CT molecular complexity index is 208. The third kappa shape index (κ3) is 5.84. The van der Waals surface area contributed by atoms with Crippen LogP contribution in [0.3, 0.4) is 0 Å². The molecule has 0 rings (SSSR count). The van der Waals surface area contributed by atoms with Crippen LogP contribution in [-0.2, 0) is 14.8 Å². The van der Waals surface area contributed by atoms with Gasteiger partial charge in [-0.2, -0.15) is 0 Å². The first kappa shape index (κ1) is 10.4. The van der Waals surface area contributed by atoms with E-state index in [4.69, 9.17) is 0 Å². The van der Waals surface area contributed by atoms with Crippen molar-refractivity contribution in [2.45, 2.75) is 20.3 Å². The van der Waals surface area contributed by atoms with Gasteiger partial charge in [-0.15, -0.1) is 0 Å². The van der Waals surface area contributed by atoms with Crippen molar-refractivity contribution in [2.24, 2.45) is 5.92 Å². The van der Waals surface area contributed by atoms with E-state index in [9.17, 15) is 13.2 Å². The lowest BCUT2D eigenvalue weighted by Crippen LogP contribution is -2.25. The van der Waals surface area contributed by atoms with Gasteiger partial charge in [-0.25, -0.2) is 13.1 Å². The highest BCUT2D eigenvalue weighted by Crippen LogP contribution is 2.00. The molecule has 0 aromatic rings. The summed E-state index contributed by atoms with van der Waals surface area (Å²) in [6.07, 6.45) is 1.70. The van der Waals surface area contributed by atoms with Crippen LogP contribution in [0.4, 0.5) is 0 Å². The first-order valence-corrected chi connectivity index (χ1v) is 5.00. The zero-order valence-corrected chi connectivity index (χ0v) is 7.44. The Morgan fingerprint density at radius 2 is 2.00 bits per heavy atom. The van der Waals surface area contributed by atoms with E-state index < -0.39 is 10.0 Å². The van der Waals surface area contributed by atoms with Crippen molar-refractivity contribution in [1.29, 1.82) is 0 Å². The Hall–Kier alpha value is -0.580. The van der Waals surface area contributed by atoms with Crippen molar-refractivity contribution in [2.75, 3.05) is 5.75 Å². The molecule has 0 saturated carbocycles. The molecule has 0 unspecified atom stereocenters. The van der Waals surface area contributed by atoms with Gasteiger partial charge in [0.15, 0.2) is 0 Å². The highest BCUT2D eigenvalue weighted by molar-refractivity contribution is 7.89. The number of carbonyl (C=O) groups excluding carboxylic acids is 1. The van der Waals surface area contributed by atoms with Crippen molar-refractivity contribution in [3.05, 3.63) is 0 Å². The average molecular weight is 178 g/mol. The highest BCUT2D eigenvalue weighted by Gasteiger charge is 2.09. The summed E-state index contributed by atoms with van der Waals surface area (Å²) in [4.78, 5) is 9.65. The van der Waals surface area contributed by atoms with Crippen LogP contribution in [0.25, 0.3) is 0 Å². The molecule has 0 bridgehead atoms. The second-order valence-electron chi connectivity index (χ2n) is 2.71. The maximum atomic E-state index is 10.8. The summed E-state index contributed by atoms with van der Waals surface area (Å²) in [5.74, 6) is 0.304. The predicted molar refractivity (Wildman–Crippen MR) is 42.1 cm³/mol. The fourth-order valence-electron chi connectivity index (χ4n) is 0.505. The molecule has 0 aromatic carbocycles. The molecular weight excluding hydrogens is 166 g/mol. The van der Waals surface area contributed by atoms with Crippen LogP contribution in [-0.4, -0.2) is 20.6 Å². The topological polar surface area (TPSA) is 63.2 Å². The summed E-state index contributed by atoms with van der Waals surface area (Å²) in [5, 5.41) is 0. The molecule has 0 aliphatic rings. The normalized spacial score (nSPS) is 11.5. The molecule has 1 N–H and O–H groups in total. The van der Waals surface area contributed by atoms with Crippen LogP contribution in [0.1, 0.15) is 20.3 Å². The first-order valence-electron chi connectivity index (χ1n) is 3.34. The maximum Gasteiger partial charge on any atom is 0.323 e. The van der Waals surface area contributed by atoms with E-state index >= 15 is 0 Å². The molecule has 65 valence electrons. The van der Waals surface area contributed by atoms with Gasteiger partial charge in [0.25, 0.3) is 0 Å². The molecule has 0 aliphatic carbocycles. The van der Waals surface area contributed by atoms with E-state index in [1.54, 1.807) is 4.72 Å². The van der Waals surface area contributed by atoms with Crippen molar-refractivity contribution < 1.29 is 13.2 Å².